The van der Waals surface area contributed by atoms with E-state index in [1.54, 1.807) is 30.3 Å². The fraction of sp³-hybridized carbons (Fsp3) is 0. The molecule has 143 valence electrons. The molecule has 0 amide bonds. The number of rotatable bonds is 3. The molecule has 8 heteroatoms. The molecule has 3 nitrogen and oxygen atoms in total. The Morgan fingerprint density at radius 3 is 2.11 bits per heavy atom. The van der Waals surface area contributed by atoms with E-state index in [9.17, 15) is 17.6 Å². The quantitative estimate of drug-likeness (QED) is 0.262. The molecule has 0 aliphatic heterocycles. The van der Waals surface area contributed by atoms with Crippen LogP contribution in [0.1, 0.15) is 0 Å². The van der Waals surface area contributed by atoms with E-state index in [-0.39, 0.29) is 42.9 Å². The SMILES string of the molecule is Fc1c[c-]c(-c2nnc(-c3ccc(F)cc3F)n2-c2ccccc2)c(F)c1.[Ir]. The number of para-hydroxylation sites is 1. The van der Waals surface area contributed by atoms with Gasteiger partial charge in [-0.15, -0.1) is 17.2 Å². The van der Waals surface area contributed by atoms with E-state index in [1.807, 2.05) is 0 Å². The summed E-state index contributed by atoms with van der Waals surface area (Å²) in [5.74, 6) is -3.18. The van der Waals surface area contributed by atoms with E-state index in [0.717, 1.165) is 18.2 Å². The van der Waals surface area contributed by atoms with Crippen LogP contribution in [0.4, 0.5) is 17.6 Å². The van der Waals surface area contributed by atoms with Crippen molar-refractivity contribution < 1.29 is 37.7 Å². The Labute approximate surface area is 171 Å². The van der Waals surface area contributed by atoms with Crippen molar-refractivity contribution in [2.24, 2.45) is 0 Å². The van der Waals surface area contributed by atoms with Gasteiger partial charge in [0.05, 0.1) is 11.4 Å². The van der Waals surface area contributed by atoms with Gasteiger partial charge in [0, 0.05) is 43.5 Å². The first-order chi connectivity index (χ1) is 13.0. The van der Waals surface area contributed by atoms with Gasteiger partial charge in [0.25, 0.3) is 0 Å². The molecular weight excluding hydrogens is 550 g/mol. The van der Waals surface area contributed by atoms with Gasteiger partial charge in [-0.3, -0.25) is 8.78 Å². The minimum Gasteiger partial charge on any atom is -0.316 e. The smallest absolute Gasteiger partial charge is 0.162 e. The third kappa shape index (κ3) is 3.61. The van der Waals surface area contributed by atoms with Crippen LogP contribution in [0.5, 0.6) is 0 Å². The first-order valence-electron chi connectivity index (χ1n) is 7.88. The summed E-state index contributed by atoms with van der Waals surface area (Å²) in [6, 6.07) is 15.8. The van der Waals surface area contributed by atoms with Gasteiger partial charge in [-0.1, -0.05) is 29.8 Å². The van der Waals surface area contributed by atoms with E-state index >= 15 is 0 Å². The van der Waals surface area contributed by atoms with Crippen molar-refractivity contribution in [3.05, 3.63) is 90.0 Å². The normalized spacial score (nSPS) is 10.6. The van der Waals surface area contributed by atoms with E-state index in [2.05, 4.69) is 16.3 Å². The first kappa shape index (κ1) is 19.9. The zero-order valence-electron chi connectivity index (χ0n) is 14.0. The van der Waals surface area contributed by atoms with Crippen molar-refractivity contribution in [2.75, 3.05) is 0 Å². The summed E-state index contributed by atoms with van der Waals surface area (Å²) in [4.78, 5) is 0. The molecule has 1 heterocycles. The van der Waals surface area contributed by atoms with Crippen LogP contribution in [0.25, 0.3) is 28.5 Å². The van der Waals surface area contributed by atoms with E-state index in [0.29, 0.717) is 11.8 Å². The third-order valence-electron chi connectivity index (χ3n) is 3.93. The summed E-state index contributed by atoms with van der Waals surface area (Å²) >= 11 is 0. The van der Waals surface area contributed by atoms with Crippen LogP contribution < -0.4 is 0 Å². The maximum absolute atomic E-state index is 14.3. The Morgan fingerprint density at radius 2 is 1.43 bits per heavy atom. The number of hydrogen-bond donors (Lipinski definition) is 0. The second kappa shape index (κ2) is 8.04. The second-order valence-corrected chi connectivity index (χ2v) is 5.68. The predicted octanol–water partition coefficient (Wildman–Crippen LogP) is 4.96. The average molecular weight is 561 g/mol. The molecule has 28 heavy (non-hydrogen) atoms. The maximum atomic E-state index is 14.3. The molecule has 0 spiro atoms. The number of nitrogens with zero attached hydrogens (tertiary/aromatic N) is 3. The van der Waals surface area contributed by atoms with Gasteiger partial charge in [0.15, 0.2) is 5.82 Å². The molecule has 3 aromatic carbocycles. The van der Waals surface area contributed by atoms with E-state index in [4.69, 9.17) is 0 Å². The van der Waals surface area contributed by atoms with Crippen molar-refractivity contribution in [2.45, 2.75) is 0 Å². The van der Waals surface area contributed by atoms with Gasteiger partial charge in [0.2, 0.25) is 0 Å². The van der Waals surface area contributed by atoms with Crippen LogP contribution in [0.3, 0.4) is 0 Å². The van der Waals surface area contributed by atoms with Crippen molar-refractivity contribution >= 4 is 0 Å². The summed E-state index contributed by atoms with van der Waals surface area (Å²) in [6.07, 6.45) is 0. The molecular formula is C20H10F4IrN3-. The van der Waals surface area contributed by atoms with Crippen LogP contribution in [0.2, 0.25) is 0 Å². The molecule has 0 fully saturated rings. The number of halogens is 4. The first-order valence-corrected chi connectivity index (χ1v) is 7.88. The fourth-order valence-electron chi connectivity index (χ4n) is 2.73. The van der Waals surface area contributed by atoms with Crippen LogP contribution in [-0.4, -0.2) is 14.8 Å². The molecule has 0 saturated heterocycles. The zero-order valence-corrected chi connectivity index (χ0v) is 16.4. The average Bonchev–Trinajstić information content (AvgIpc) is 3.07. The van der Waals surface area contributed by atoms with E-state index in [1.165, 1.54) is 10.6 Å². The number of benzene rings is 3. The summed E-state index contributed by atoms with van der Waals surface area (Å²) in [5.41, 5.74) is 0.386. The van der Waals surface area contributed by atoms with Crippen molar-refractivity contribution in [3.8, 4) is 28.5 Å². The minimum atomic E-state index is -0.884. The number of hydrogen-bond acceptors (Lipinski definition) is 2. The molecule has 0 saturated carbocycles. The molecule has 0 N–H and O–H groups in total. The maximum Gasteiger partial charge on any atom is 0.162 e. The molecule has 0 aliphatic rings. The monoisotopic (exact) mass is 561 g/mol. The summed E-state index contributed by atoms with van der Waals surface area (Å²) in [5, 5.41) is 7.92. The molecule has 1 radical (unpaired) electrons. The molecule has 0 bridgehead atoms. The topological polar surface area (TPSA) is 30.7 Å². The largest absolute Gasteiger partial charge is 0.316 e. The van der Waals surface area contributed by atoms with E-state index < -0.39 is 23.3 Å². The van der Waals surface area contributed by atoms with Gasteiger partial charge in [-0.05, 0) is 24.3 Å². The molecule has 0 aliphatic carbocycles. The van der Waals surface area contributed by atoms with Crippen molar-refractivity contribution in [1.82, 2.24) is 14.8 Å². The van der Waals surface area contributed by atoms with Crippen LogP contribution >= 0.6 is 0 Å². The molecule has 0 atom stereocenters. The van der Waals surface area contributed by atoms with Crippen LogP contribution in [-0.2, 0) is 20.1 Å². The summed E-state index contributed by atoms with van der Waals surface area (Å²) < 4.78 is 56.6. The van der Waals surface area contributed by atoms with Crippen molar-refractivity contribution in [3.63, 3.8) is 0 Å². The molecule has 1 aromatic heterocycles. The molecule has 4 rings (SSSR count). The number of aromatic nitrogens is 3. The zero-order chi connectivity index (χ0) is 19.0. The fourth-order valence-corrected chi connectivity index (χ4v) is 2.73. The molecule has 4 aromatic rings. The Balaban J connectivity index is 0.00000225. The Hall–Kier alpha value is -2.83. The summed E-state index contributed by atoms with van der Waals surface area (Å²) in [7, 11) is 0. The Kier molecular flexibility index (Phi) is 5.72. The third-order valence-corrected chi connectivity index (χ3v) is 3.93. The van der Waals surface area contributed by atoms with Gasteiger partial charge in [-0.2, -0.15) is 5.10 Å². The summed E-state index contributed by atoms with van der Waals surface area (Å²) in [6.45, 7) is 0. The van der Waals surface area contributed by atoms with Crippen molar-refractivity contribution in [1.29, 1.82) is 0 Å². The second-order valence-electron chi connectivity index (χ2n) is 5.68. The standard InChI is InChI=1S/C20H10F4N3.Ir/c21-12-6-8-15(17(23)10-12)19-25-26-20(16-9-7-13(22)11-18(16)24)27(19)14-4-2-1-3-5-14;/h1-8,10-11H;/q-1;. The Bertz CT molecular complexity index is 1060. The predicted molar refractivity (Wildman–Crippen MR) is 90.9 cm³/mol. The Morgan fingerprint density at radius 1 is 0.750 bits per heavy atom. The van der Waals surface area contributed by atoms with Gasteiger partial charge in [-0.25, -0.2) is 8.78 Å². The van der Waals surface area contributed by atoms with Crippen LogP contribution in [0.15, 0.2) is 60.7 Å². The van der Waals surface area contributed by atoms with Gasteiger partial charge in [0.1, 0.15) is 11.6 Å². The minimum absolute atomic E-state index is 0. The van der Waals surface area contributed by atoms with Crippen LogP contribution in [0, 0.1) is 29.3 Å². The van der Waals surface area contributed by atoms with Gasteiger partial charge >= 0.3 is 0 Å². The molecule has 0 unspecified atom stereocenters. The van der Waals surface area contributed by atoms with Gasteiger partial charge < -0.3 is 4.57 Å².